The molecule has 1 saturated carbocycles. The molecule has 4 rings (SSSR count). The predicted octanol–water partition coefficient (Wildman–Crippen LogP) is 8.21. The van der Waals surface area contributed by atoms with Crippen molar-refractivity contribution in [2.45, 2.75) is 91.4 Å². The summed E-state index contributed by atoms with van der Waals surface area (Å²) >= 11 is 0. The number of pyridine rings is 1. The Balaban J connectivity index is 1.97. The molecule has 1 heterocycles. The highest BCUT2D eigenvalue weighted by molar-refractivity contribution is 5.94. The van der Waals surface area contributed by atoms with Crippen LogP contribution >= 0.6 is 0 Å². The van der Waals surface area contributed by atoms with E-state index < -0.39 is 0 Å². The fraction of sp³-hybridized carbons (Fsp3) is 0.500. The summed E-state index contributed by atoms with van der Waals surface area (Å²) in [7, 11) is 2.14. The van der Waals surface area contributed by atoms with Gasteiger partial charge in [0.2, 0.25) is 5.69 Å². The summed E-state index contributed by atoms with van der Waals surface area (Å²) in [5, 5.41) is 2.31. The maximum absolute atomic E-state index is 8.92. The molecule has 164 valence electrons. The van der Waals surface area contributed by atoms with E-state index in [4.69, 9.17) is 1.37 Å². The zero-order valence-corrected chi connectivity index (χ0v) is 20.4. The highest BCUT2D eigenvalue weighted by Crippen LogP contribution is 2.38. The van der Waals surface area contributed by atoms with Crippen LogP contribution < -0.4 is 4.57 Å². The fourth-order valence-corrected chi connectivity index (χ4v) is 5.64. The molecule has 0 aliphatic heterocycles. The number of hydrogen-bond donors (Lipinski definition) is 0. The second kappa shape index (κ2) is 9.15. The van der Waals surface area contributed by atoms with Crippen molar-refractivity contribution < 1.29 is 5.94 Å². The Morgan fingerprint density at radius 2 is 1.71 bits per heavy atom. The van der Waals surface area contributed by atoms with Crippen LogP contribution in [0.15, 0.2) is 36.4 Å². The average molecular weight is 416 g/mol. The summed E-state index contributed by atoms with van der Waals surface area (Å²) < 4.78 is 11.2. The van der Waals surface area contributed by atoms with Crippen molar-refractivity contribution in [1.82, 2.24) is 0 Å². The Kier molecular flexibility index (Phi) is 6.12. The SMILES string of the molecule is [2H]c1c(C)[n+](C)c(-c2cc(C3CCCCC3)cc(C)c2C)c2ccc(C(CC)CC)cc12. The molecule has 0 unspecified atom stereocenters. The summed E-state index contributed by atoms with van der Waals surface area (Å²) in [4.78, 5) is 0. The van der Waals surface area contributed by atoms with Crippen LogP contribution in [0.4, 0.5) is 0 Å². The van der Waals surface area contributed by atoms with E-state index >= 15 is 0 Å². The molecular weight excluding hydrogens is 374 g/mol. The van der Waals surface area contributed by atoms with E-state index in [0.717, 1.165) is 23.9 Å². The summed E-state index contributed by atoms with van der Waals surface area (Å²) in [5.41, 5.74) is 9.28. The van der Waals surface area contributed by atoms with E-state index in [1.54, 1.807) is 0 Å². The maximum Gasteiger partial charge on any atom is 0.220 e. The third-order valence-electron chi connectivity index (χ3n) is 7.93. The topological polar surface area (TPSA) is 3.88 Å². The van der Waals surface area contributed by atoms with E-state index in [2.05, 4.69) is 76.6 Å². The van der Waals surface area contributed by atoms with Gasteiger partial charge in [-0.25, -0.2) is 0 Å². The zero-order chi connectivity index (χ0) is 23.0. The van der Waals surface area contributed by atoms with Crippen molar-refractivity contribution in [2.24, 2.45) is 7.05 Å². The monoisotopic (exact) mass is 415 g/mol. The van der Waals surface area contributed by atoms with Crippen molar-refractivity contribution >= 4 is 10.8 Å². The molecule has 2 aromatic carbocycles. The van der Waals surface area contributed by atoms with Crippen LogP contribution in [0.2, 0.25) is 0 Å². The van der Waals surface area contributed by atoms with E-state index in [9.17, 15) is 0 Å². The highest BCUT2D eigenvalue weighted by Gasteiger charge is 2.24. The number of aromatic nitrogens is 1. The largest absolute Gasteiger partial charge is 0.220 e. The molecule has 1 aliphatic carbocycles. The molecule has 1 nitrogen and oxygen atoms in total. The first-order valence-corrected chi connectivity index (χ1v) is 12.4. The number of benzene rings is 2. The molecule has 1 fully saturated rings. The molecule has 0 saturated heterocycles. The second-order valence-electron chi connectivity index (χ2n) is 9.78. The lowest BCUT2D eigenvalue weighted by atomic mass is 9.81. The van der Waals surface area contributed by atoms with Gasteiger partial charge in [-0.15, -0.1) is 0 Å². The summed E-state index contributed by atoms with van der Waals surface area (Å²) in [5.74, 6) is 1.26. The summed E-state index contributed by atoms with van der Waals surface area (Å²) in [6.45, 7) is 11.2. The number of aryl methyl sites for hydroxylation is 1. The molecular formula is C30H40N+. The van der Waals surface area contributed by atoms with Crippen molar-refractivity contribution in [2.75, 3.05) is 0 Å². The highest BCUT2D eigenvalue weighted by atomic mass is 14.9. The summed E-state index contributed by atoms with van der Waals surface area (Å²) in [6.07, 6.45) is 9.02. The lowest BCUT2D eigenvalue weighted by molar-refractivity contribution is -0.665. The van der Waals surface area contributed by atoms with Crippen molar-refractivity contribution in [3.05, 3.63) is 64.3 Å². The second-order valence-corrected chi connectivity index (χ2v) is 9.78. The van der Waals surface area contributed by atoms with Crippen LogP contribution in [-0.2, 0) is 7.05 Å². The molecule has 3 aromatic rings. The van der Waals surface area contributed by atoms with E-state index in [1.807, 2.05) is 0 Å². The molecule has 0 amide bonds. The van der Waals surface area contributed by atoms with Crippen molar-refractivity contribution in [1.29, 1.82) is 0 Å². The number of nitrogens with zero attached hydrogens (tertiary/aromatic N) is 1. The van der Waals surface area contributed by atoms with Crippen LogP contribution in [0.3, 0.4) is 0 Å². The quantitative estimate of drug-likeness (QED) is 0.370. The molecule has 0 atom stereocenters. The van der Waals surface area contributed by atoms with Crippen molar-refractivity contribution in [3.63, 3.8) is 0 Å². The van der Waals surface area contributed by atoms with Gasteiger partial charge in [0.1, 0.15) is 7.05 Å². The van der Waals surface area contributed by atoms with Crippen LogP contribution in [0.25, 0.3) is 22.0 Å². The molecule has 0 N–H and O–H groups in total. The minimum absolute atomic E-state index is 0.565. The van der Waals surface area contributed by atoms with E-state index in [-0.39, 0.29) is 0 Å². The van der Waals surface area contributed by atoms with Gasteiger partial charge in [0.25, 0.3) is 0 Å². The standard InChI is InChI=1S/C30H40N/c1-7-23(8-2)25-14-15-28-27(18-25)17-21(4)31(6)30(28)29-19-26(16-20(3)22(29)5)24-12-10-9-11-13-24/h14-19,23-24H,7-13H2,1-6H3/q+1/i17D. The minimum atomic E-state index is 0.565. The van der Waals surface area contributed by atoms with E-state index in [0.29, 0.717) is 17.9 Å². The van der Waals surface area contributed by atoms with Gasteiger partial charge in [0, 0.05) is 13.0 Å². The molecule has 1 aliphatic rings. The predicted molar refractivity (Wildman–Crippen MR) is 134 cm³/mol. The van der Waals surface area contributed by atoms with Crippen LogP contribution in [0, 0.1) is 20.8 Å². The number of rotatable bonds is 5. The first-order chi connectivity index (χ1) is 15.4. The van der Waals surface area contributed by atoms with Gasteiger partial charge in [-0.1, -0.05) is 51.3 Å². The van der Waals surface area contributed by atoms with Gasteiger partial charge in [0.15, 0.2) is 5.69 Å². The summed E-state index contributed by atoms with van der Waals surface area (Å²) in [6, 6.07) is 12.5. The van der Waals surface area contributed by atoms with Gasteiger partial charge < -0.3 is 0 Å². The Morgan fingerprint density at radius 1 is 1.00 bits per heavy atom. The normalized spacial score (nSPS) is 15.6. The smallest absolute Gasteiger partial charge is 0.198 e. The van der Waals surface area contributed by atoms with Crippen LogP contribution in [-0.4, -0.2) is 0 Å². The lowest BCUT2D eigenvalue weighted by Gasteiger charge is -2.24. The van der Waals surface area contributed by atoms with Gasteiger partial charge >= 0.3 is 0 Å². The number of hydrogen-bond acceptors (Lipinski definition) is 0. The molecule has 1 heteroatoms. The first-order valence-electron chi connectivity index (χ1n) is 12.9. The fourth-order valence-electron chi connectivity index (χ4n) is 5.64. The third-order valence-corrected chi connectivity index (χ3v) is 7.93. The van der Waals surface area contributed by atoms with Gasteiger partial charge in [0.05, 0.1) is 12.3 Å². The number of fused-ring (bicyclic) bond motifs is 1. The molecule has 1 aromatic heterocycles. The first kappa shape index (κ1) is 20.7. The Hall–Kier alpha value is -2.15. The lowest BCUT2D eigenvalue weighted by Crippen LogP contribution is -2.35. The Bertz CT molecular complexity index is 1130. The van der Waals surface area contributed by atoms with Crippen molar-refractivity contribution in [3.8, 4) is 11.3 Å². The average Bonchev–Trinajstić information content (AvgIpc) is 2.81. The Labute approximate surface area is 190 Å². The molecule has 0 spiro atoms. The van der Waals surface area contributed by atoms with Crippen LogP contribution in [0.5, 0.6) is 0 Å². The van der Waals surface area contributed by atoms with Gasteiger partial charge in [-0.05, 0) is 91.1 Å². The van der Waals surface area contributed by atoms with Gasteiger partial charge in [-0.2, -0.15) is 4.57 Å². The third kappa shape index (κ3) is 4.16. The zero-order valence-electron chi connectivity index (χ0n) is 21.4. The Morgan fingerprint density at radius 3 is 2.39 bits per heavy atom. The van der Waals surface area contributed by atoms with Crippen LogP contribution in [0.1, 0.15) is 99.9 Å². The maximum atomic E-state index is 8.92. The molecule has 0 bridgehead atoms. The van der Waals surface area contributed by atoms with E-state index in [1.165, 1.54) is 71.0 Å². The minimum Gasteiger partial charge on any atom is -0.198 e. The molecule has 0 radical (unpaired) electrons. The molecule has 31 heavy (non-hydrogen) atoms. The van der Waals surface area contributed by atoms with Gasteiger partial charge in [-0.3, -0.25) is 0 Å².